The lowest BCUT2D eigenvalue weighted by Gasteiger charge is -2.08. The standard InChI is InChI=1S/C16H15ClN2O4/c17-9-8-13-6-7-14(10-15(13)19(21)22)18-16(20)23-11-12-4-2-1-3-5-12/h1-7,10H,8-9,11H2,(H,18,20). The lowest BCUT2D eigenvalue weighted by Crippen LogP contribution is -2.13. The molecule has 0 aliphatic heterocycles. The fourth-order valence-corrected chi connectivity index (χ4v) is 2.21. The van der Waals surface area contributed by atoms with Crippen LogP contribution in [0.15, 0.2) is 48.5 Å². The summed E-state index contributed by atoms with van der Waals surface area (Å²) in [7, 11) is 0. The number of nitro groups is 1. The van der Waals surface area contributed by atoms with E-state index in [1.165, 1.54) is 6.07 Å². The van der Waals surface area contributed by atoms with Gasteiger partial charge >= 0.3 is 6.09 Å². The molecule has 7 heteroatoms. The Morgan fingerprint density at radius 3 is 2.61 bits per heavy atom. The van der Waals surface area contributed by atoms with Gasteiger partial charge in [0.1, 0.15) is 6.61 Å². The first kappa shape index (κ1) is 16.8. The summed E-state index contributed by atoms with van der Waals surface area (Å²) in [6, 6.07) is 13.7. The normalized spacial score (nSPS) is 10.1. The Labute approximate surface area is 138 Å². The molecule has 0 spiro atoms. The van der Waals surface area contributed by atoms with Crippen molar-refractivity contribution in [1.29, 1.82) is 0 Å². The molecule has 1 N–H and O–H groups in total. The van der Waals surface area contributed by atoms with Crippen molar-refractivity contribution in [2.45, 2.75) is 13.0 Å². The number of aryl methyl sites for hydroxylation is 1. The van der Waals surface area contributed by atoms with Crippen LogP contribution in [-0.2, 0) is 17.8 Å². The number of anilines is 1. The Hall–Kier alpha value is -2.60. The van der Waals surface area contributed by atoms with Crippen LogP contribution in [0.25, 0.3) is 0 Å². The third-order valence-corrected chi connectivity index (χ3v) is 3.29. The molecular formula is C16H15ClN2O4. The van der Waals surface area contributed by atoms with Crippen molar-refractivity contribution >= 4 is 29.1 Å². The second kappa shape index (κ2) is 8.14. The van der Waals surface area contributed by atoms with Crippen LogP contribution in [0.5, 0.6) is 0 Å². The van der Waals surface area contributed by atoms with Crippen LogP contribution in [0.3, 0.4) is 0 Å². The smallest absolute Gasteiger partial charge is 0.411 e. The zero-order valence-corrected chi connectivity index (χ0v) is 13.0. The topological polar surface area (TPSA) is 81.5 Å². The highest BCUT2D eigenvalue weighted by Crippen LogP contribution is 2.24. The molecule has 6 nitrogen and oxygen atoms in total. The van der Waals surface area contributed by atoms with Gasteiger partial charge in [0.25, 0.3) is 5.69 Å². The molecule has 0 saturated carbocycles. The van der Waals surface area contributed by atoms with Crippen LogP contribution < -0.4 is 5.32 Å². The molecular weight excluding hydrogens is 320 g/mol. The van der Waals surface area contributed by atoms with Gasteiger partial charge in [-0.3, -0.25) is 15.4 Å². The van der Waals surface area contributed by atoms with Gasteiger partial charge in [0, 0.05) is 17.5 Å². The third kappa shape index (κ3) is 4.96. The van der Waals surface area contributed by atoms with Crippen molar-refractivity contribution in [3.05, 3.63) is 69.8 Å². The first-order chi connectivity index (χ1) is 11.1. The van der Waals surface area contributed by atoms with E-state index in [0.29, 0.717) is 17.7 Å². The number of amides is 1. The molecule has 1 amide bonds. The Balaban J connectivity index is 2.00. The summed E-state index contributed by atoms with van der Waals surface area (Å²) in [6.07, 6.45) is -0.287. The SMILES string of the molecule is O=C(Nc1ccc(CCCl)c([N+](=O)[O-])c1)OCc1ccccc1. The van der Waals surface area contributed by atoms with Gasteiger partial charge in [-0.05, 0) is 18.1 Å². The first-order valence-corrected chi connectivity index (χ1v) is 7.44. The summed E-state index contributed by atoms with van der Waals surface area (Å²) in [5, 5.41) is 13.5. The monoisotopic (exact) mass is 334 g/mol. The molecule has 23 heavy (non-hydrogen) atoms. The molecule has 0 radical (unpaired) electrons. The van der Waals surface area contributed by atoms with Gasteiger partial charge in [-0.25, -0.2) is 4.79 Å². The number of rotatable bonds is 6. The minimum atomic E-state index is -0.673. The van der Waals surface area contributed by atoms with Crippen molar-refractivity contribution in [2.24, 2.45) is 0 Å². The number of alkyl halides is 1. The molecule has 0 aliphatic rings. The third-order valence-electron chi connectivity index (χ3n) is 3.10. The van der Waals surface area contributed by atoms with Gasteiger partial charge in [-0.15, -0.1) is 11.6 Å². The summed E-state index contributed by atoms with van der Waals surface area (Å²) >= 11 is 5.62. The number of hydrogen-bond donors (Lipinski definition) is 1. The lowest BCUT2D eigenvalue weighted by atomic mass is 10.1. The van der Waals surface area contributed by atoms with Gasteiger partial charge in [-0.1, -0.05) is 36.4 Å². The average Bonchev–Trinajstić information content (AvgIpc) is 2.55. The number of hydrogen-bond acceptors (Lipinski definition) is 4. The quantitative estimate of drug-likeness (QED) is 0.489. The molecule has 2 aromatic carbocycles. The molecule has 0 fully saturated rings. The predicted molar refractivity (Wildman–Crippen MR) is 87.8 cm³/mol. The minimum Gasteiger partial charge on any atom is -0.444 e. The van der Waals surface area contributed by atoms with Crippen LogP contribution in [-0.4, -0.2) is 16.9 Å². The number of ether oxygens (including phenoxy) is 1. The highest BCUT2D eigenvalue weighted by Gasteiger charge is 2.15. The van der Waals surface area contributed by atoms with Gasteiger partial charge < -0.3 is 4.74 Å². The van der Waals surface area contributed by atoms with Crippen LogP contribution in [0.4, 0.5) is 16.2 Å². The highest BCUT2D eigenvalue weighted by atomic mass is 35.5. The zero-order valence-electron chi connectivity index (χ0n) is 12.2. The number of nitro benzene ring substituents is 1. The lowest BCUT2D eigenvalue weighted by molar-refractivity contribution is -0.385. The summed E-state index contributed by atoms with van der Waals surface area (Å²) in [4.78, 5) is 22.3. The summed E-state index contributed by atoms with van der Waals surface area (Å²) < 4.78 is 5.07. The molecule has 0 aliphatic carbocycles. The van der Waals surface area contributed by atoms with Gasteiger partial charge in [0.2, 0.25) is 0 Å². The van der Waals surface area contributed by atoms with E-state index in [9.17, 15) is 14.9 Å². The Morgan fingerprint density at radius 2 is 1.96 bits per heavy atom. The first-order valence-electron chi connectivity index (χ1n) is 6.91. The van der Waals surface area contributed by atoms with Crippen molar-refractivity contribution in [1.82, 2.24) is 0 Å². The van der Waals surface area contributed by atoms with Crippen LogP contribution in [0, 0.1) is 10.1 Å². The maximum atomic E-state index is 11.8. The second-order valence-corrected chi connectivity index (χ2v) is 5.10. The Bertz CT molecular complexity index is 692. The minimum absolute atomic E-state index is 0.0773. The summed E-state index contributed by atoms with van der Waals surface area (Å²) in [5.74, 6) is 0.284. The molecule has 2 rings (SSSR count). The molecule has 0 atom stereocenters. The Kier molecular flexibility index (Phi) is 5.94. The van der Waals surface area contributed by atoms with E-state index in [1.807, 2.05) is 30.3 Å². The highest BCUT2D eigenvalue weighted by molar-refractivity contribution is 6.18. The van der Waals surface area contributed by atoms with E-state index in [-0.39, 0.29) is 18.2 Å². The van der Waals surface area contributed by atoms with Crippen LogP contribution in [0.1, 0.15) is 11.1 Å². The van der Waals surface area contributed by atoms with Gasteiger partial charge in [0.05, 0.1) is 10.6 Å². The average molecular weight is 335 g/mol. The zero-order chi connectivity index (χ0) is 16.7. The van der Waals surface area contributed by atoms with Crippen molar-refractivity contribution in [2.75, 3.05) is 11.2 Å². The van der Waals surface area contributed by atoms with Crippen molar-refractivity contribution in [3.8, 4) is 0 Å². The number of benzene rings is 2. The molecule has 0 saturated heterocycles. The molecule has 120 valence electrons. The van der Waals surface area contributed by atoms with E-state index in [1.54, 1.807) is 12.1 Å². The fourth-order valence-electron chi connectivity index (χ4n) is 2.00. The Morgan fingerprint density at radius 1 is 1.22 bits per heavy atom. The molecule has 0 bridgehead atoms. The number of nitrogens with one attached hydrogen (secondary N) is 1. The molecule has 0 aromatic heterocycles. The molecule has 0 unspecified atom stereocenters. The predicted octanol–water partition coefficient (Wildman–Crippen LogP) is 4.12. The number of halogens is 1. The van der Waals surface area contributed by atoms with Crippen LogP contribution in [0.2, 0.25) is 0 Å². The van der Waals surface area contributed by atoms with Crippen molar-refractivity contribution in [3.63, 3.8) is 0 Å². The van der Waals surface area contributed by atoms with E-state index < -0.39 is 11.0 Å². The van der Waals surface area contributed by atoms with Crippen LogP contribution >= 0.6 is 11.6 Å². The largest absolute Gasteiger partial charge is 0.444 e. The maximum Gasteiger partial charge on any atom is 0.411 e. The van der Waals surface area contributed by atoms with Crippen molar-refractivity contribution < 1.29 is 14.5 Å². The summed E-state index contributed by atoms with van der Waals surface area (Å²) in [6.45, 7) is 0.124. The number of carbonyl (C=O) groups is 1. The molecule has 2 aromatic rings. The van der Waals surface area contributed by atoms with E-state index in [0.717, 1.165) is 5.56 Å². The van der Waals surface area contributed by atoms with Gasteiger partial charge in [-0.2, -0.15) is 0 Å². The fraction of sp³-hybridized carbons (Fsp3) is 0.188. The summed E-state index contributed by atoms with van der Waals surface area (Å²) in [5.41, 5.74) is 1.60. The number of carbonyl (C=O) groups excluding carboxylic acids is 1. The van der Waals surface area contributed by atoms with E-state index in [2.05, 4.69) is 5.32 Å². The number of nitrogens with zero attached hydrogens (tertiary/aromatic N) is 1. The maximum absolute atomic E-state index is 11.8. The second-order valence-electron chi connectivity index (χ2n) is 4.73. The van der Waals surface area contributed by atoms with E-state index in [4.69, 9.17) is 16.3 Å². The van der Waals surface area contributed by atoms with E-state index >= 15 is 0 Å². The molecule has 0 heterocycles. The van der Waals surface area contributed by atoms with Gasteiger partial charge in [0.15, 0.2) is 0 Å².